The number of carbonyl (C=O) groups is 1. The summed E-state index contributed by atoms with van der Waals surface area (Å²) in [6.07, 6.45) is 4.89. The number of hydrogen-bond acceptors (Lipinski definition) is 4. The molecule has 0 radical (unpaired) electrons. The van der Waals surface area contributed by atoms with Crippen LogP contribution < -0.4 is 5.56 Å². The van der Waals surface area contributed by atoms with Crippen LogP contribution in [0.1, 0.15) is 18.2 Å². The Hall–Kier alpha value is -2.70. The predicted octanol–water partition coefficient (Wildman–Crippen LogP) is 1.31. The Bertz CT molecular complexity index is 754. The fraction of sp³-hybridized carbons (Fsp3) is 0.333. The van der Waals surface area contributed by atoms with E-state index in [1.807, 2.05) is 6.07 Å². The van der Waals surface area contributed by atoms with Gasteiger partial charge in [-0.1, -0.05) is 0 Å². The van der Waals surface area contributed by atoms with Crippen molar-refractivity contribution in [1.82, 2.24) is 19.4 Å². The van der Waals surface area contributed by atoms with E-state index in [2.05, 4.69) is 9.97 Å². The summed E-state index contributed by atoms with van der Waals surface area (Å²) in [5.41, 5.74) is 1.46. The van der Waals surface area contributed by atoms with E-state index in [-0.39, 0.29) is 11.5 Å². The summed E-state index contributed by atoms with van der Waals surface area (Å²) in [5, 5.41) is 8.97. The second kappa shape index (κ2) is 5.59. The maximum atomic E-state index is 11.7. The van der Waals surface area contributed by atoms with Gasteiger partial charge in [0.1, 0.15) is 5.82 Å². The van der Waals surface area contributed by atoms with Crippen molar-refractivity contribution in [3.63, 3.8) is 0 Å². The molecular formula is C15H16N4O3. The van der Waals surface area contributed by atoms with Crippen LogP contribution in [0, 0.1) is 0 Å². The molecule has 22 heavy (non-hydrogen) atoms. The highest BCUT2D eigenvalue weighted by Gasteiger charge is 2.28. The van der Waals surface area contributed by atoms with E-state index in [4.69, 9.17) is 5.11 Å². The number of pyridine rings is 1. The molecule has 1 aliphatic rings. The Balaban J connectivity index is 1.80. The van der Waals surface area contributed by atoms with Crippen molar-refractivity contribution in [1.29, 1.82) is 0 Å². The molecule has 0 spiro atoms. The third-order valence-corrected chi connectivity index (χ3v) is 3.93. The van der Waals surface area contributed by atoms with Gasteiger partial charge >= 0.3 is 6.09 Å². The zero-order valence-electron chi connectivity index (χ0n) is 12.1. The average Bonchev–Trinajstić information content (AvgIpc) is 3.00. The van der Waals surface area contributed by atoms with Gasteiger partial charge in [0.15, 0.2) is 0 Å². The van der Waals surface area contributed by atoms with E-state index < -0.39 is 6.09 Å². The summed E-state index contributed by atoms with van der Waals surface area (Å²) < 4.78 is 1.50. The van der Waals surface area contributed by atoms with Gasteiger partial charge in [0.25, 0.3) is 5.56 Å². The van der Waals surface area contributed by atoms with E-state index in [0.29, 0.717) is 18.9 Å². The van der Waals surface area contributed by atoms with Crippen LogP contribution in [0.3, 0.4) is 0 Å². The molecule has 0 saturated carbocycles. The molecule has 1 atom stereocenters. The third kappa shape index (κ3) is 2.69. The highest BCUT2D eigenvalue weighted by atomic mass is 16.4. The van der Waals surface area contributed by atoms with Crippen molar-refractivity contribution in [3.05, 3.63) is 46.9 Å². The first-order valence-corrected chi connectivity index (χ1v) is 7.01. The third-order valence-electron chi connectivity index (χ3n) is 3.93. The molecule has 7 heteroatoms. The van der Waals surface area contributed by atoms with Crippen molar-refractivity contribution in [2.75, 3.05) is 13.1 Å². The number of amides is 1. The monoisotopic (exact) mass is 300 g/mol. The average molecular weight is 300 g/mol. The lowest BCUT2D eigenvalue weighted by molar-refractivity contribution is 0.155. The number of likely N-dealkylation sites (tertiary alicyclic amines) is 1. The van der Waals surface area contributed by atoms with Crippen molar-refractivity contribution >= 4 is 6.09 Å². The minimum atomic E-state index is -0.903. The highest BCUT2D eigenvalue weighted by Crippen LogP contribution is 2.25. The Morgan fingerprint density at radius 3 is 2.64 bits per heavy atom. The molecule has 1 saturated heterocycles. The lowest BCUT2D eigenvalue weighted by Gasteiger charge is -2.11. The van der Waals surface area contributed by atoms with Crippen molar-refractivity contribution in [2.24, 2.45) is 7.05 Å². The molecule has 0 aromatic carbocycles. The number of hydrogen-bond donors (Lipinski definition) is 1. The van der Waals surface area contributed by atoms with Crippen LogP contribution in [0.15, 0.2) is 35.5 Å². The Morgan fingerprint density at radius 2 is 2.05 bits per heavy atom. The highest BCUT2D eigenvalue weighted by molar-refractivity contribution is 5.65. The maximum absolute atomic E-state index is 11.7. The molecule has 114 valence electrons. The van der Waals surface area contributed by atoms with E-state index in [0.717, 1.165) is 17.5 Å². The van der Waals surface area contributed by atoms with E-state index >= 15 is 0 Å². The standard InChI is InChI=1S/C15H16N4O3/c1-18-4-2-10(6-13(18)20)12-7-16-14(17-8-12)11-3-5-19(9-11)15(21)22/h2,4,6-8,11H,3,5,9H2,1H3,(H,21,22). The maximum Gasteiger partial charge on any atom is 0.407 e. The molecule has 3 rings (SSSR count). The van der Waals surface area contributed by atoms with Crippen LogP contribution in [0.2, 0.25) is 0 Å². The number of nitrogens with zero attached hydrogens (tertiary/aromatic N) is 4. The van der Waals surface area contributed by atoms with Gasteiger partial charge < -0.3 is 14.6 Å². The summed E-state index contributed by atoms with van der Waals surface area (Å²) in [4.78, 5) is 32.6. The molecule has 2 aromatic rings. The minimum Gasteiger partial charge on any atom is -0.465 e. The smallest absolute Gasteiger partial charge is 0.407 e. The normalized spacial score (nSPS) is 17.7. The van der Waals surface area contributed by atoms with E-state index in [1.165, 1.54) is 9.47 Å². The topological polar surface area (TPSA) is 88.3 Å². The summed E-state index contributed by atoms with van der Waals surface area (Å²) >= 11 is 0. The zero-order valence-corrected chi connectivity index (χ0v) is 12.1. The van der Waals surface area contributed by atoms with Crippen molar-refractivity contribution < 1.29 is 9.90 Å². The van der Waals surface area contributed by atoms with Crippen LogP contribution >= 0.6 is 0 Å². The fourth-order valence-corrected chi connectivity index (χ4v) is 2.57. The quantitative estimate of drug-likeness (QED) is 0.903. The first-order valence-electron chi connectivity index (χ1n) is 7.01. The van der Waals surface area contributed by atoms with Crippen LogP contribution in [0.5, 0.6) is 0 Å². The zero-order chi connectivity index (χ0) is 15.7. The molecule has 1 aliphatic heterocycles. The van der Waals surface area contributed by atoms with Gasteiger partial charge in [0.2, 0.25) is 0 Å². The van der Waals surface area contributed by atoms with Crippen LogP contribution in [-0.2, 0) is 7.05 Å². The van der Waals surface area contributed by atoms with E-state index in [1.54, 1.807) is 31.7 Å². The fourth-order valence-electron chi connectivity index (χ4n) is 2.57. The largest absolute Gasteiger partial charge is 0.465 e. The van der Waals surface area contributed by atoms with Gasteiger partial charge in [-0.2, -0.15) is 0 Å². The first-order chi connectivity index (χ1) is 10.5. The summed E-state index contributed by atoms with van der Waals surface area (Å²) in [5.74, 6) is 0.685. The summed E-state index contributed by atoms with van der Waals surface area (Å²) in [6, 6.07) is 3.38. The molecule has 3 heterocycles. The predicted molar refractivity (Wildman–Crippen MR) is 79.7 cm³/mol. The second-order valence-corrected chi connectivity index (χ2v) is 5.41. The first kappa shape index (κ1) is 14.2. The molecule has 0 aliphatic carbocycles. The van der Waals surface area contributed by atoms with Crippen LogP contribution in [0.4, 0.5) is 4.79 Å². The molecule has 2 aromatic heterocycles. The van der Waals surface area contributed by atoms with Gasteiger partial charge in [-0.25, -0.2) is 14.8 Å². The SMILES string of the molecule is Cn1ccc(-c2cnc(C3CCN(C(=O)O)C3)nc2)cc1=O. The van der Waals surface area contributed by atoms with Gasteiger partial charge in [-0.05, 0) is 18.1 Å². The Morgan fingerprint density at radius 1 is 1.32 bits per heavy atom. The van der Waals surface area contributed by atoms with Crippen molar-refractivity contribution in [3.8, 4) is 11.1 Å². The number of rotatable bonds is 2. The van der Waals surface area contributed by atoms with Gasteiger partial charge in [-0.15, -0.1) is 0 Å². The lowest BCUT2D eigenvalue weighted by atomic mass is 10.1. The Labute approximate surface area is 126 Å². The molecule has 1 N–H and O–H groups in total. The number of aryl methyl sites for hydroxylation is 1. The summed E-state index contributed by atoms with van der Waals surface area (Å²) in [6.45, 7) is 0.945. The van der Waals surface area contributed by atoms with Gasteiger partial charge in [-0.3, -0.25) is 4.79 Å². The molecule has 1 fully saturated rings. The van der Waals surface area contributed by atoms with Crippen LogP contribution in [0.25, 0.3) is 11.1 Å². The molecule has 1 amide bonds. The molecule has 0 bridgehead atoms. The molecule has 1 unspecified atom stereocenters. The molecular weight excluding hydrogens is 284 g/mol. The minimum absolute atomic E-state index is 0.0359. The van der Waals surface area contributed by atoms with Crippen molar-refractivity contribution in [2.45, 2.75) is 12.3 Å². The lowest BCUT2D eigenvalue weighted by Crippen LogP contribution is -2.26. The molecule has 7 nitrogen and oxygen atoms in total. The van der Waals surface area contributed by atoms with Gasteiger partial charge in [0.05, 0.1) is 0 Å². The summed E-state index contributed by atoms with van der Waals surface area (Å²) in [7, 11) is 1.69. The Kier molecular flexibility index (Phi) is 3.62. The second-order valence-electron chi connectivity index (χ2n) is 5.41. The number of carboxylic acid groups (broad SMARTS) is 1. The van der Waals surface area contributed by atoms with E-state index in [9.17, 15) is 9.59 Å². The van der Waals surface area contributed by atoms with Gasteiger partial charge in [0, 0.05) is 56.3 Å². The number of aromatic nitrogens is 3. The van der Waals surface area contributed by atoms with Crippen LogP contribution in [-0.4, -0.2) is 43.7 Å².